The number of nitrogens with zero attached hydrogens (tertiary/aromatic N) is 2. The molecule has 0 N–H and O–H groups in total. The minimum Gasteiger partial charge on any atom is -0.325 e. The third kappa shape index (κ3) is 2.50. The standard InChI is InChI=1S/C13H18N2O3S/c1-10-4-6-13(7-5-10)19(17,18)15-9-8-14(11(15)2)12(3)16/h4-7,11H,8-9H2,1-3H3/t11-/m0/s1. The zero-order chi connectivity index (χ0) is 14.2. The van der Waals surface area contributed by atoms with Crippen LogP contribution in [0.1, 0.15) is 19.4 Å². The van der Waals surface area contributed by atoms with Crippen LogP contribution in [0, 0.1) is 6.92 Å². The van der Waals surface area contributed by atoms with Crippen molar-refractivity contribution in [3.63, 3.8) is 0 Å². The number of amides is 1. The summed E-state index contributed by atoms with van der Waals surface area (Å²) in [5.74, 6) is -0.103. The summed E-state index contributed by atoms with van der Waals surface area (Å²) >= 11 is 0. The minimum absolute atomic E-state index is 0.103. The fraction of sp³-hybridized carbons (Fsp3) is 0.462. The van der Waals surface area contributed by atoms with Crippen LogP contribution in [0.25, 0.3) is 0 Å². The van der Waals surface area contributed by atoms with Gasteiger partial charge in [0.1, 0.15) is 0 Å². The van der Waals surface area contributed by atoms with E-state index < -0.39 is 16.2 Å². The molecular weight excluding hydrogens is 264 g/mol. The fourth-order valence-corrected chi connectivity index (χ4v) is 3.91. The van der Waals surface area contributed by atoms with E-state index in [2.05, 4.69) is 0 Å². The number of sulfonamides is 1. The summed E-state index contributed by atoms with van der Waals surface area (Å²) in [4.78, 5) is 13.2. The lowest BCUT2D eigenvalue weighted by Gasteiger charge is -2.25. The van der Waals surface area contributed by atoms with Gasteiger partial charge in [-0.15, -0.1) is 0 Å². The van der Waals surface area contributed by atoms with Crippen molar-refractivity contribution in [1.29, 1.82) is 0 Å². The van der Waals surface area contributed by atoms with Crippen LogP contribution >= 0.6 is 0 Å². The molecule has 2 rings (SSSR count). The van der Waals surface area contributed by atoms with Crippen molar-refractivity contribution in [2.75, 3.05) is 13.1 Å². The molecule has 104 valence electrons. The quantitative estimate of drug-likeness (QED) is 0.819. The second kappa shape index (κ2) is 4.94. The first-order valence-corrected chi connectivity index (χ1v) is 7.64. The smallest absolute Gasteiger partial charge is 0.244 e. The van der Waals surface area contributed by atoms with Crippen LogP contribution in [0.15, 0.2) is 29.2 Å². The summed E-state index contributed by atoms with van der Waals surface area (Å²) in [5, 5.41) is 0. The fourth-order valence-electron chi connectivity index (χ4n) is 2.32. The lowest BCUT2D eigenvalue weighted by molar-refractivity contribution is -0.130. The number of carbonyl (C=O) groups is 1. The molecule has 1 saturated heterocycles. The van der Waals surface area contributed by atoms with Gasteiger partial charge in [0, 0.05) is 20.0 Å². The van der Waals surface area contributed by atoms with Crippen molar-refractivity contribution in [1.82, 2.24) is 9.21 Å². The second-order valence-electron chi connectivity index (χ2n) is 4.77. The number of hydrogen-bond acceptors (Lipinski definition) is 3. The van der Waals surface area contributed by atoms with Crippen molar-refractivity contribution in [3.05, 3.63) is 29.8 Å². The normalized spacial score (nSPS) is 20.8. The Bertz CT molecular complexity index is 580. The summed E-state index contributed by atoms with van der Waals surface area (Å²) in [7, 11) is -3.53. The zero-order valence-electron chi connectivity index (χ0n) is 11.3. The van der Waals surface area contributed by atoms with Gasteiger partial charge in [0.2, 0.25) is 15.9 Å². The third-order valence-corrected chi connectivity index (χ3v) is 5.43. The van der Waals surface area contributed by atoms with Gasteiger partial charge in [0.15, 0.2) is 0 Å². The first-order chi connectivity index (χ1) is 8.84. The Hall–Kier alpha value is -1.40. The Morgan fingerprint density at radius 1 is 1.21 bits per heavy atom. The maximum absolute atomic E-state index is 12.5. The first-order valence-electron chi connectivity index (χ1n) is 6.20. The van der Waals surface area contributed by atoms with Crippen molar-refractivity contribution < 1.29 is 13.2 Å². The van der Waals surface area contributed by atoms with Gasteiger partial charge in [0.05, 0.1) is 11.1 Å². The summed E-state index contributed by atoms with van der Waals surface area (Å²) in [6.45, 7) is 5.89. The highest BCUT2D eigenvalue weighted by Gasteiger charge is 2.38. The molecule has 0 saturated carbocycles. The molecule has 0 aliphatic carbocycles. The van der Waals surface area contributed by atoms with Gasteiger partial charge in [0.25, 0.3) is 0 Å². The second-order valence-corrected chi connectivity index (χ2v) is 6.66. The number of benzene rings is 1. The van der Waals surface area contributed by atoms with Crippen LogP contribution in [-0.4, -0.2) is 42.8 Å². The van der Waals surface area contributed by atoms with Crippen LogP contribution in [0.5, 0.6) is 0 Å². The SMILES string of the molecule is CC(=O)N1CCN(S(=O)(=O)c2ccc(C)cc2)[C@H]1C. The molecule has 6 heteroatoms. The highest BCUT2D eigenvalue weighted by molar-refractivity contribution is 7.89. The van der Waals surface area contributed by atoms with Crippen LogP contribution < -0.4 is 0 Å². The van der Waals surface area contributed by atoms with Gasteiger partial charge in [-0.05, 0) is 26.0 Å². The Morgan fingerprint density at radius 3 is 2.26 bits per heavy atom. The Labute approximate surface area is 113 Å². The predicted molar refractivity (Wildman–Crippen MR) is 71.9 cm³/mol. The number of aryl methyl sites for hydroxylation is 1. The Kier molecular flexibility index (Phi) is 3.64. The summed E-state index contributed by atoms with van der Waals surface area (Å²) < 4.78 is 26.4. The van der Waals surface area contributed by atoms with Crippen molar-refractivity contribution in [3.8, 4) is 0 Å². The highest BCUT2D eigenvalue weighted by Crippen LogP contribution is 2.24. The van der Waals surface area contributed by atoms with E-state index >= 15 is 0 Å². The van der Waals surface area contributed by atoms with Crippen molar-refractivity contribution in [2.45, 2.75) is 31.8 Å². The van der Waals surface area contributed by atoms with Crippen molar-refractivity contribution >= 4 is 15.9 Å². The molecule has 0 aromatic heterocycles. The van der Waals surface area contributed by atoms with Gasteiger partial charge in [-0.3, -0.25) is 4.79 Å². The van der Waals surface area contributed by atoms with Gasteiger partial charge in [-0.2, -0.15) is 4.31 Å². The molecule has 1 atom stereocenters. The lowest BCUT2D eigenvalue weighted by atomic mass is 10.2. The van der Waals surface area contributed by atoms with Gasteiger partial charge in [-0.25, -0.2) is 8.42 Å². The largest absolute Gasteiger partial charge is 0.325 e. The van der Waals surface area contributed by atoms with E-state index in [-0.39, 0.29) is 10.8 Å². The molecule has 0 bridgehead atoms. The van der Waals surface area contributed by atoms with E-state index in [1.807, 2.05) is 6.92 Å². The molecular formula is C13H18N2O3S. The molecule has 1 heterocycles. The van der Waals surface area contributed by atoms with Gasteiger partial charge < -0.3 is 4.90 Å². The molecule has 0 unspecified atom stereocenters. The lowest BCUT2D eigenvalue weighted by Crippen LogP contribution is -2.41. The van der Waals surface area contributed by atoms with E-state index in [4.69, 9.17) is 0 Å². The summed E-state index contributed by atoms with van der Waals surface area (Å²) in [5.41, 5.74) is 1.01. The van der Waals surface area contributed by atoms with Crippen LogP contribution in [0.2, 0.25) is 0 Å². The predicted octanol–water partition coefficient (Wildman–Crippen LogP) is 1.19. The molecule has 1 fully saturated rings. The first kappa shape index (κ1) is 14.0. The van der Waals surface area contributed by atoms with Gasteiger partial charge in [-0.1, -0.05) is 17.7 Å². The Morgan fingerprint density at radius 2 is 1.79 bits per heavy atom. The van der Waals surface area contributed by atoms with E-state index in [1.165, 1.54) is 11.2 Å². The average Bonchev–Trinajstić information content (AvgIpc) is 2.72. The molecule has 0 spiro atoms. The number of carbonyl (C=O) groups excluding carboxylic acids is 1. The molecule has 0 radical (unpaired) electrons. The maximum Gasteiger partial charge on any atom is 0.244 e. The number of hydrogen-bond donors (Lipinski definition) is 0. The van der Waals surface area contributed by atoms with E-state index in [0.29, 0.717) is 13.1 Å². The Balaban J connectivity index is 2.31. The molecule has 1 aliphatic heterocycles. The maximum atomic E-state index is 12.5. The van der Waals surface area contributed by atoms with E-state index in [1.54, 1.807) is 36.1 Å². The molecule has 1 aliphatic rings. The summed E-state index contributed by atoms with van der Waals surface area (Å²) in [6, 6.07) is 6.76. The van der Waals surface area contributed by atoms with Crippen LogP contribution in [0.3, 0.4) is 0 Å². The minimum atomic E-state index is -3.53. The highest BCUT2D eigenvalue weighted by atomic mass is 32.2. The third-order valence-electron chi connectivity index (χ3n) is 3.46. The number of rotatable bonds is 2. The van der Waals surface area contributed by atoms with Crippen LogP contribution in [0.4, 0.5) is 0 Å². The van der Waals surface area contributed by atoms with Crippen molar-refractivity contribution in [2.24, 2.45) is 0 Å². The summed E-state index contributed by atoms with van der Waals surface area (Å²) in [6.07, 6.45) is -0.427. The average molecular weight is 282 g/mol. The topological polar surface area (TPSA) is 57.7 Å². The van der Waals surface area contributed by atoms with Crippen LogP contribution in [-0.2, 0) is 14.8 Å². The molecule has 19 heavy (non-hydrogen) atoms. The molecule has 1 aromatic carbocycles. The molecule has 5 nitrogen and oxygen atoms in total. The molecule has 1 amide bonds. The van der Waals surface area contributed by atoms with E-state index in [0.717, 1.165) is 5.56 Å². The zero-order valence-corrected chi connectivity index (χ0v) is 12.1. The monoisotopic (exact) mass is 282 g/mol. The molecule has 1 aromatic rings. The van der Waals surface area contributed by atoms with E-state index in [9.17, 15) is 13.2 Å². The van der Waals surface area contributed by atoms with Gasteiger partial charge >= 0.3 is 0 Å².